The lowest BCUT2D eigenvalue weighted by molar-refractivity contribution is -0.115. The number of carbonyl (C=O) groups is 1. The van der Waals surface area contributed by atoms with Gasteiger partial charge < -0.3 is 9.73 Å². The van der Waals surface area contributed by atoms with Crippen molar-refractivity contribution in [2.75, 3.05) is 5.32 Å². The Balaban J connectivity index is 2.11. The van der Waals surface area contributed by atoms with Crippen LogP contribution in [0.3, 0.4) is 0 Å². The zero-order valence-electron chi connectivity index (χ0n) is 14.2. The highest BCUT2D eigenvalue weighted by molar-refractivity contribution is 5.92. The summed E-state index contributed by atoms with van der Waals surface area (Å²) in [6, 6.07) is 5.99. The van der Waals surface area contributed by atoms with Crippen LogP contribution in [0.5, 0.6) is 0 Å². The lowest BCUT2D eigenvalue weighted by Crippen LogP contribution is -2.15. The maximum absolute atomic E-state index is 12.2. The highest BCUT2D eigenvalue weighted by Crippen LogP contribution is 2.24. The molecule has 0 saturated heterocycles. The monoisotopic (exact) mass is 300 g/mol. The maximum Gasteiger partial charge on any atom is 0.232 e. The molecule has 2 aromatic rings. The minimum atomic E-state index is -0.160. The zero-order valence-corrected chi connectivity index (χ0v) is 14.2. The number of anilines is 1. The number of amides is 1. The van der Waals surface area contributed by atoms with Crippen LogP contribution in [-0.4, -0.2) is 10.9 Å². The summed E-state index contributed by atoms with van der Waals surface area (Å²) >= 11 is 0. The second-order valence-electron chi connectivity index (χ2n) is 6.88. The zero-order chi connectivity index (χ0) is 16.5. The van der Waals surface area contributed by atoms with Crippen LogP contribution in [0.1, 0.15) is 49.2 Å². The molecule has 0 aliphatic carbocycles. The number of carbonyl (C=O) groups excluding carboxylic acids is 1. The smallest absolute Gasteiger partial charge is 0.232 e. The lowest BCUT2D eigenvalue weighted by atomic mass is 9.97. The van der Waals surface area contributed by atoms with Crippen LogP contribution in [-0.2, 0) is 16.6 Å². The molecule has 0 radical (unpaired) electrons. The van der Waals surface area contributed by atoms with E-state index in [9.17, 15) is 4.79 Å². The number of aromatic nitrogens is 1. The molecule has 1 aromatic heterocycles. The van der Waals surface area contributed by atoms with Gasteiger partial charge in [-0.05, 0) is 44.0 Å². The van der Waals surface area contributed by atoms with Crippen molar-refractivity contribution in [2.24, 2.45) is 0 Å². The van der Waals surface area contributed by atoms with Crippen molar-refractivity contribution >= 4 is 11.6 Å². The van der Waals surface area contributed by atoms with Crippen molar-refractivity contribution in [1.29, 1.82) is 0 Å². The van der Waals surface area contributed by atoms with E-state index in [4.69, 9.17) is 4.42 Å². The molecule has 4 nitrogen and oxygen atoms in total. The molecule has 0 fully saturated rings. The predicted octanol–water partition coefficient (Wildman–Crippen LogP) is 4.08. The van der Waals surface area contributed by atoms with E-state index in [1.807, 2.05) is 53.7 Å². The van der Waals surface area contributed by atoms with E-state index in [0.29, 0.717) is 11.7 Å². The predicted molar refractivity (Wildman–Crippen MR) is 88.2 cm³/mol. The van der Waals surface area contributed by atoms with Gasteiger partial charge in [0.25, 0.3) is 0 Å². The Morgan fingerprint density at radius 3 is 2.23 bits per heavy atom. The molecule has 0 bridgehead atoms. The topological polar surface area (TPSA) is 55.1 Å². The van der Waals surface area contributed by atoms with Crippen LogP contribution < -0.4 is 5.32 Å². The number of oxazole rings is 1. The lowest BCUT2D eigenvalue weighted by Gasteiger charge is -2.12. The second kappa shape index (κ2) is 5.95. The summed E-state index contributed by atoms with van der Waals surface area (Å²) in [5.74, 6) is 1.20. The first-order valence-corrected chi connectivity index (χ1v) is 7.50. The van der Waals surface area contributed by atoms with Crippen LogP contribution in [0.25, 0.3) is 0 Å². The number of nitrogens with one attached hydrogen (secondary N) is 1. The van der Waals surface area contributed by atoms with Crippen molar-refractivity contribution in [1.82, 2.24) is 4.98 Å². The number of rotatable bonds is 3. The van der Waals surface area contributed by atoms with Crippen LogP contribution in [0, 0.1) is 20.8 Å². The Hall–Kier alpha value is -2.10. The summed E-state index contributed by atoms with van der Waals surface area (Å²) in [5.41, 5.74) is 3.69. The Morgan fingerprint density at radius 1 is 1.14 bits per heavy atom. The second-order valence-corrected chi connectivity index (χ2v) is 6.88. The highest BCUT2D eigenvalue weighted by atomic mass is 16.4. The molecule has 1 aromatic carbocycles. The number of hydrogen-bond acceptors (Lipinski definition) is 3. The van der Waals surface area contributed by atoms with Crippen molar-refractivity contribution in [3.05, 3.63) is 46.7 Å². The van der Waals surface area contributed by atoms with E-state index >= 15 is 0 Å². The largest absolute Gasteiger partial charge is 0.444 e. The van der Waals surface area contributed by atoms with E-state index in [1.54, 1.807) is 0 Å². The van der Waals surface area contributed by atoms with Gasteiger partial charge in [0.15, 0.2) is 5.89 Å². The van der Waals surface area contributed by atoms with Crippen molar-refractivity contribution in [3.8, 4) is 0 Å². The Bertz CT molecular complexity index is 673. The van der Waals surface area contributed by atoms with Gasteiger partial charge in [-0.2, -0.15) is 0 Å². The van der Waals surface area contributed by atoms with Gasteiger partial charge in [-0.3, -0.25) is 4.79 Å². The van der Waals surface area contributed by atoms with Gasteiger partial charge >= 0.3 is 0 Å². The number of nitrogens with zero attached hydrogens (tertiary/aromatic N) is 1. The molecule has 0 spiro atoms. The standard InChI is InChI=1S/C18H24N2O2/c1-11-7-12(2)9-14(8-11)20-16(21)10-15-13(3)19-17(22-15)18(4,5)6/h7-9H,10H2,1-6H3,(H,20,21). The van der Waals surface area contributed by atoms with Gasteiger partial charge in [-0.25, -0.2) is 4.98 Å². The first kappa shape index (κ1) is 16.3. The van der Waals surface area contributed by atoms with E-state index in [0.717, 1.165) is 22.5 Å². The quantitative estimate of drug-likeness (QED) is 0.929. The fourth-order valence-corrected chi connectivity index (χ4v) is 2.31. The van der Waals surface area contributed by atoms with Gasteiger partial charge in [-0.1, -0.05) is 26.8 Å². The molecule has 0 saturated carbocycles. The van der Waals surface area contributed by atoms with Crippen LogP contribution in [0.15, 0.2) is 22.6 Å². The van der Waals surface area contributed by atoms with E-state index in [2.05, 4.69) is 16.4 Å². The Kier molecular flexibility index (Phi) is 4.40. The summed E-state index contributed by atoms with van der Waals surface area (Å²) in [4.78, 5) is 16.6. The first-order chi connectivity index (χ1) is 10.1. The SMILES string of the molecule is Cc1cc(C)cc(NC(=O)Cc2oc(C(C)(C)C)nc2C)c1. The number of aryl methyl sites for hydroxylation is 3. The van der Waals surface area contributed by atoms with Crippen molar-refractivity contribution < 1.29 is 9.21 Å². The first-order valence-electron chi connectivity index (χ1n) is 7.50. The normalized spacial score (nSPS) is 11.5. The third-order valence-electron chi connectivity index (χ3n) is 3.36. The Morgan fingerprint density at radius 2 is 1.73 bits per heavy atom. The van der Waals surface area contributed by atoms with E-state index in [1.165, 1.54) is 0 Å². The third-order valence-corrected chi connectivity index (χ3v) is 3.36. The molecule has 1 amide bonds. The molecule has 0 unspecified atom stereocenters. The van der Waals surface area contributed by atoms with E-state index in [-0.39, 0.29) is 17.7 Å². The minimum Gasteiger partial charge on any atom is -0.444 e. The van der Waals surface area contributed by atoms with Gasteiger partial charge in [0.2, 0.25) is 5.91 Å². The molecule has 2 rings (SSSR count). The molecule has 118 valence electrons. The summed E-state index contributed by atoms with van der Waals surface area (Å²) in [7, 11) is 0. The van der Waals surface area contributed by atoms with Crippen LogP contribution in [0.4, 0.5) is 5.69 Å². The average Bonchev–Trinajstić information content (AvgIpc) is 2.69. The molecule has 0 aliphatic heterocycles. The highest BCUT2D eigenvalue weighted by Gasteiger charge is 2.23. The van der Waals surface area contributed by atoms with Crippen molar-refractivity contribution in [3.63, 3.8) is 0 Å². The third kappa shape index (κ3) is 3.97. The summed E-state index contributed by atoms with van der Waals surface area (Å²) in [6.45, 7) is 12.0. The Labute approximate surface area is 131 Å². The molecule has 4 heteroatoms. The molecular weight excluding hydrogens is 276 g/mol. The molecule has 0 aliphatic rings. The van der Waals surface area contributed by atoms with Gasteiger partial charge in [0, 0.05) is 11.1 Å². The molecule has 22 heavy (non-hydrogen) atoms. The summed E-state index contributed by atoms with van der Waals surface area (Å²) < 4.78 is 5.76. The molecule has 1 heterocycles. The summed E-state index contributed by atoms with van der Waals surface area (Å²) in [6.07, 6.45) is 0.196. The molecule has 0 atom stereocenters. The summed E-state index contributed by atoms with van der Waals surface area (Å²) in [5, 5.41) is 2.92. The van der Waals surface area contributed by atoms with Gasteiger partial charge in [-0.15, -0.1) is 0 Å². The van der Waals surface area contributed by atoms with Crippen molar-refractivity contribution in [2.45, 2.75) is 53.4 Å². The van der Waals surface area contributed by atoms with Gasteiger partial charge in [0.1, 0.15) is 5.76 Å². The number of hydrogen-bond donors (Lipinski definition) is 1. The van der Waals surface area contributed by atoms with E-state index < -0.39 is 0 Å². The van der Waals surface area contributed by atoms with Gasteiger partial charge in [0.05, 0.1) is 12.1 Å². The fraction of sp³-hybridized carbons (Fsp3) is 0.444. The number of benzene rings is 1. The molecular formula is C18H24N2O2. The van der Waals surface area contributed by atoms with Crippen LogP contribution in [0.2, 0.25) is 0 Å². The molecule has 1 N–H and O–H groups in total. The average molecular weight is 300 g/mol. The minimum absolute atomic E-state index is 0.0929. The maximum atomic E-state index is 12.2. The van der Waals surface area contributed by atoms with Crippen LogP contribution >= 0.6 is 0 Å². The fourth-order valence-electron chi connectivity index (χ4n) is 2.31.